The minimum absolute atomic E-state index is 0.290. The molecule has 0 radical (unpaired) electrons. The van der Waals surface area contributed by atoms with Crippen LogP contribution in [0.1, 0.15) is 49.7 Å². The SMILES string of the molecule is CCCC(C)N(C)Cc1c(C(=O)OCC)cnn1C. The molecule has 0 aliphatic carbocycles. The molecule has 0 spiro atoms. The highest BCUT2D eigenvalue weighted by atomic mass is 16.5. The van der Waals surface area contributed by atoms with Crippen LogP contribution in [0.5, 0.6) is 0 Å². The van der Waals surface area contributed by atoms with Crippen molar-refractivity contribution in [3.63, 3.8) is 0 Å². The molecule has 0 saturated carbocycles. The molecule has 1 atom stereocenters. The van der Waals surface area contributed by atoms with Gasteiger partial charge in [0, 0.05) is 19.6 Å². The van der Waals surface area contributed by atoms with Crippen molar-refractivity contribution in [2.24, 2.45) is 7.05 Å². The van der Waals surface area contributed by atoms with E-state index in [1.165, 1.54) is 0 Å². The topological polar surface area (TPSA) is 47.4 Å². The Bertz CT molecular complexity index is 415. The first kappa shape index (κ1) is 15.7. The van der Waals surface area contributed by atoms with E-state index in [0.29, 0.717) is 24.8 Å². The van der Waals surface area contributed by atoms with Gasteiger partial charge in [-0.1, -0.05) is 13.3 Å². The summed E-state index contributed by atoms with van der Waals surface area (Å²) in [5.74, 6) is -0.290. The van der Waals surface area contributed by atoms with Crippen molar-refractivity contribution in [3.05, 3.63) is 17.5 Å². The van der Waals surface area contributed by atoms with Gasteiger partial charge in [-0.25, -0.2) is 4.79 Å². The lowest BCUT2D eigenvalue weighted by Crippen LogP contribution is -2.30. The Morgan fingerprint density at radius 1 is 1.53 bits per heavy atom. The molecule has 1 aromatic rings. The fourth-order valence-electron chi connectivity index (χ4n) is 2.06. The van der Waals surface area contributed by atoms with Crippen molar-refractivity contribution in [3.8, 4) is 0 Å². The second kappa shape index (κ2) is 7.28. The lowest BCUT2D eigenvalue weighted by molar-refractivity contribution is 0.0523. The Labute approximate surface area is 115 Å². The molecule has 5 nitrogen and oxygen atoms in total. The Morgan fingerprint density at radius 3 is 2.79 bits per heavy atom. The molecule has 0 aliphatic rings. The summed E-state index contributed by atoms with van der Waals surface area (Å²) in [7, 11) is 3.93. The lowest BCUT2D eigenvalue weighted by atomic mass is 10.1. The number of hydrogen-bond acceptors (Lipinski definition) is 4. The number of ether oxygens (including phenoxy) is 1. The molecule has 5 heteroatoms. The predicted molar refractivity (Wildman–Crippen MR) is 75.0 cm³/mol. The Balaban J connectivity index is 2.82. The molecule has 0 N–H and O–H groups in total. The van der Waals surface area contributed by atoms with Gasteiger partial charge in [0.05, 0.1) is 18.5 Å². The Kier molecular flexibility index (Phi) is 6.02. The van der Waals surface area contributed by atoms with E-state index in [2.05, 4.69) is 30.9 Å². The maximum absolute atomic E-state index is 11.9. The van der Waals surface area contributed by atoms with Crippen LogP contribution in [0, 0.1) is 0 Å². The van der Waals surface area contributed by atoms with Gasteiger partial charge in [0.15, 0.2) is 0 Å². The maximum Gasteiger partial charge on any atom is 0.341 e. The van der Waals surface area contributed by atoms with E-state index >= 15 is 0 Å². The number of aromatic nitrogens is 2. The molecule has 0 amide bonds. The predicted octanol–water partition coefficient (Wildman–Crippen LogP) is 2.22. The molecule has 1 rings (SSSR count). The summed E-state index contributed by atoms with van der Waals surface area (Å²) in [6, 6.07) is 0.481. The van der Waals surface area contributed by atoms with E-state index in [-0.39, 0.29) is 5.97 Å². The number of hydrogen-bond donors (Lipinski definition) is 0. The second-order valence-corrected chi connectivity index (χ2v) is 4.90. The average molecular weight is 267 g/mol. The number of rotatable bonds is 7. The third-order valence-electron chi connectivity index (χ3n) is 3.41. The zero-order valence-corrected chi connectivity index (χ0v) is 12.6. The van der Waals surface area contributed by atoms with Gasteiger partial charge in [-0.3, -0.25) is 9.58 Å². The molecule has 0 aromatic carbocycles. The van der Waals surface area contributed by atoms with E-state index in [1.54, 1.807) is 10.9 Å². The molecule has 1 unspecified atom stereocenters. The third-order valence-corrected chi connectivity index (χ3v) is 3.41. The summed E-state index contributed by atoms with van der Waals surface area (Å²) in [5.41, 5.74) is 1.48. The van der Waals surface area contributed by atoms with Crippen LogP contribution in [0.25, 0.3) is 0 Å². The van der Waals surface area contributed by atoms with Crippen LogP contribution in [0.3, 0.4) is 0 Å². The molecule has 19 heavy (non-hydrogen) atoms. The van der Waals surface area contributed by atoms with Crippen LogP contribution in [0.4, 0.5) is 0 Å². The molecule has 0 bridgehead atoms. The van der Waals surface area contributed by atoms with Crippen LogP contribution >= 0.6 is 0 Å². The summed E-state index contributed by atoms with van der Waals surface area (Å²) < 4.78 is 6.81. The van der Waals surface area contributed by atoms with Crippen LogP contribution in [-0.2, 0) is 18.3 Å². The Morgan fingerprint density at radius 2 is 2.21 bits per heavy atom. The van der Waals surface area contributed by atoms with Gasteiger partial charge in [0.25, 0.3) is 0 Å². The van der Waals surface area contributed by atoms with Gasteiger partial charge in [0.2, 0.25) is 0 Å². The molecule has 1 aromatic heterocycles. The zero-order chi connectivity index (χ0) is 14.4. The van der Waals surface area contributed by atoms with E-state index in [9.17, 15) is 4.79 Å². The normalized spacial score (nSPS) is 12.7. The van der Waals surface area contributed by atoms with Crippen molar-refractivity contribution < 1.29 is 9.53 Å². The number of aryl methyl sites for hydroxylation is 1. The quantitative estimate of drug-likeness (QED) is 0.711. The minimum atomic E-state index is -0.290. The van der Waals surface area contributed by atoms with Crippen molar-refractivity contribution >= 4 is 5.97 Å². The number of carbonyl (C=O) groups is 1. The van der Waals surface area contributed by atoms with Crippen molar-refractivity contribution in [1.82, 2.24) is 14.7 Å². The summed E-state index contributed by atoms with van der Waals surface area (Å²) in [6.45, 7) is 7.27. The third kappa shape index (κ3) is 4.06. The Hall–Kier alpha value is -1.36. The average Bonchev–Trinajstić information content (AvgIpc) is 2.72. The van der Waals surface area contributed by atoms with E-state index < -0.39 is 0 Å². The minimum Gasteiger partial charge on any atom is -0.462 e. The van der Waals surface area contributed by atoms with E-state index in [1.807, 2.05) is 14.0 Å². The van der Waals surface area contributed by atoms with Gasteiger partial charge in [-0.2, -0.15) is 5.10 Å². The standard InChI is InChI=1S/C14H25N3O2/c1-6-8-11(3)16(4)10-13-12(9-15-17(13)5)14(18)19-7-2/h9,11H,6-8,10H2,1-5H3. The molecular weight excluding hydrogens is 242 g/mol. The fourth-order valence-corrected chi connectivity index (χ4v) is 2.06. The van der Waals surface area contributed by atoms with Crippen molar-refractivity contribution in [2.45, 2.75) is 46.2 Å². The van der Waals surface area contributed by atoms with Crippen LogP contribution in [0.15, 0.2) is 6.20 Å². The molecular formula is C14H25N3O2. The van der Waals surface area contributed by atoms with Crippen LogP contribution in [0.2, 0.25) is 0 Å². The monoisotopic (exact) mass is 267 g/mol. The van der Waals surface area contributed by atoms with Gasteiger partial charge >= 0.3 is 5.97 Å². The maximum atomic E-state index is 11.9. The van der Waals surface area contributed by atoms with Crippen LogP contribution in [-0.4, -0.2) is 40.3 Å². The first-order valence-corrected chi connectivity index (χ1v) is 6.89. The fraction of sp³-hybridized carbons (Fsp3) is 0.714. The zero-order valence-electron chi connectivity index (χ0n) is 12.6. The number of nitrogens with zero attached hydrogens (tertiary/aromatic N) is 3. The lowest BCUT2D eigenvalue weighted by Gasteiger charge is -2.24. The number of esters is 1. The summed E-state index contributed by atoms with van der Waals surface area (Å²) in [4.78, 5) is 14.1. The van der Waals surface area contributed by atoms with Gasteiger partial charge < -0.3 is 4.74 Å². The van der Waals surface area contributed by atoms with E-state index in [4.69, 9.17) is 4.74 Å². The van der Waals surface area contributed by atoms with Crippen LogP contribution < -0.4 is 0 Å². The number of carbonyl (C=O) groups excluding carboxylic acids is 1. The highest BCUT2D eigenvalue weighted by Gasteiger charge is 2.19. The largest absolute Gasteiger partial charge is 0.462 e. The summed E-state index contributed by atoms with van der Waals surface area (Å²) in [6.07, 6.45) is 3.89. The molecule has 0 saturated heterocycles. The van der Waals surface area contributed by atoms with Gasteiger partial charge in [-0.15, -0.1) is 0 Å². The summed E-state index contributed by atoms with van der Waals surface area (Å²) in [5, 5.41) is 4.17. The second-order valence-electron chi connectivity index (χ2n) is 4.90. The van der Waals surface area contributed by atoms with E-state index in [0.717, 1.165) is 18.5 Å². The highest BCUT2D eigenvalue weighted by Crippen LogP contribution is 2.14. The smallest absolute Gasteiger partial charge is 0.341 e. The summed E-state index contributed by atoms with van der Waals surface area (Å²) >= 11 is 0. The molecule has 0 aliphatic heterocycles. The molecule has 108 valence electrons. The van der Waals surface area contributed by atoms with Crippen molar-refractivity contribution in [1.29, 1.82) is 0 Å². The molecule has 0 fully saturated rings. The molecule has 1 heterocycles. The van der Waals surface area contributed by atoms with Gasteiger partial charge in [0.1, 0.15) is 5.56 Å². The first-order valence-electron chi connectivity index (χ1n) is 6.89. The first-order chi connectivity index (χ1) is 9.01. The van der Waals surface area contributed by atoms with Crippen molar-refractivity contribution in [2.75, 3.05) is 13.7 Å². The van der Waals surface area contributed by atoms with Gasteiger partial charge in [-0.05, 0) is 27.3 Å². The highest BCUT2D eigenvalue weighted by molar-refractivity contribution is 5.90.